The molecule has 72 valence electrons. The predicted molar refractivity (Wildman–Crippen MR) is 58.4 cm³/mol. The Morgan fingerprint density at radius 3 is 2.50 bits per heavy atom. The molecule has 0 aromatic heterocycles. The van der Waals surface area contributed by atoms with E-state index in [1.165, 1.54) is 5.75 Å². The normalized spacial score (nSPS) is 26.2. The van der Waals surface area contributed by atoms with Crippen molar-refractivity contribution in [2.75, 3.05) is 32.1 Å². The van der Waals surface area contributed by atoms with Crippen LogP contribution in [0, 0.1) is 5.92 Å². The molecule has 0 radical (unpaired) electrons. The lowest BCUT2D eigenvalue weighted by Crippen LogP contribution is -2.15. The van der Waals surface area contributed by atoms with E-state index in [1.54, 1.807) is 0 Å². The third-order valence-electron chi connectivity index (χ3n) is 1.96. The number of alkyl halides is 2. The van der Waals surface area contributed by atoms with Gasteiger partial charge in [-0.2, -0.15) is 11.8 Å². The second-order valence-corrected chi connectivity index (χ2v) is 6.23. The van der Waals surface area contributed by atoms with Crippen molar-refractivity contribution in [1.29, 1.82) is 0 Å². The zero-order valence-electron chi connectivity index (χ0n) is 7.52. The molecule has 0 N–H and O–H groups in total. The van der Waals surface area contributed by atoms with E-state index in [2.05, 4.69) is 19.0 Å². The zero-order chi connectivity index (χ0) is 9.19. The third-order valence-corrected chi connectivity index (χ3v) is 3.99. The summed E-state index contributed by atoms with van der Waals surface area (Å²) in [5.41, 5.74) is 0. The van der Waals surface area contributed by atoms with Crippen LogP contribution in [0.25, 0.3) is 0 Å². The van der Waals surface area contributed by atoms with Gasteiger partial charge in [0.25, 0.3) is 0 Å². The first kappa shape index (κ1) is 11.0. The van der Waals surface area contributed by atoms with Crippen LogP contribution in [-0.4, -0.2) is 41.4 Å². The summed E-state index contributed by atoms with van der Waals surface area (Å²) in [6, 6.07) is 0. The maximum Gasteiger partial charge on any atom is 0.122 e. The quantitative estimate of drug-likeness (QED) is 0.525. The van der Waals surface area contributed by atoms with Gasteiger partial charge in [0, 0.05) is 18.2 Å². The van der Waals surface area contributed by atoms with Crippen LogP contribution in [-0.2, 0) is 0 Å². The molecule has 4 heteroatoms. The van der Waals surface area contributed by atoms with Crippen LogP contribution in [0.2, 0.25) is 0 Å². The molecule has 0 spiro atoms. The second-order valence-electron chi connectivity index (χ2n) is 3.54. The van der Waals surface area contributed by atoms with E-state index in [-0.39, 0.29) is 4.33 Å². The molecule has 1 aliphatic rings. The van der Waals surface area contributed by atoms with Crippen molar-refractivity contribution in [3.8, 4) is 0 Å². The Labute approximate surface area is 88.8 Å². The Morgan fingerprint density at radius 2 is 2.08 bits per heavy atom. The summed E-state index contributed by atoms with van der Waals surface area (Å²) in [7, 11) is 4.18. The topological polar surface area (TPSA) is 3.24 Å². The SMILES string of the molecule is CN(C)CCSCC1CC1(Cl)Cl. The molecule has 1 aliphatic carbocycles. The fraction of sp³-hybridized carbons (Fsp3) is 1.00. The maximum absolute atomic E-state index is 5.89. The lowest BCUT2D eigenvalue weighted by atomic mass is 10.5. The number of halogens is 2. The molecule has 0 aromatic rings. The summed E-state index contributed by atoms with van der Waals surface area (Å²) in [4.78, 5) is 2.19. The van der Waals surface area contributed by atoms with E-state index in [0.717, 1.165) is 18.7 Å². The van der Waals surface area contributed by atoms with Gasteiger partial charge in [0.1, 0.15) is 4.33 Å². The summed E-state index contributed by atoms with van der Waals surface area (Å²) in [6.45, 7) is 1.13. The largest absolute Gasteiger partial charge is 0.309 e. The van der Waals surface area contributed by atoms with Crippen molar-refractivity contribution in [2.45, 2.75) is 10.8 Å². The van der Waals surface area contributed by atoms with Crippen LogP contribution in [0.4, 0.5) is 0 Å². The Balaban J connectivity index is 1.91. The van der Waals surface area contributed by atoms with Crippen LogP contribution in [0.1, 0.15) is 6.42 Å². The van der Waals surface area contributed by atoms with Crippen LogP contribution >= 0.6 is 35.0 Å². The minimum absolute atomic E-state index is 0.384. The van der Waals surface area contributed by atoms with Crippen LogP contribution in [0.3, 0.4) is 0 Å². The summed E-state index contributed by atoms with van der Waals surface area (Å²) in [5.74, 6) is 2.82. The minimum Gasteiger partial charge on any atom is -0.309 e. The van der Waals surface area contributed by atoms with Crippen molar-refractivity contribution in [3.63, 3.8) is 0 Å². The molecule has 0 bridgehead atoms. The Hall–Kier alpha value is 0.890. The van der Waals surface area contributed by atoms with E-state index >= 15 is 0 Å². The van der Waals surface area contributed by atoms with E-state index < -0.39 is 0 Å². The van der Waals surface area contributed by atoms with Crippen LogP contribution in [0.15, 0.2) is 0 Å². The number of nitrogens with zero attached hydrogens (tertiary/aromatic N) is 1. The molecule has 12 heavy (non-hydrogen) atoms. The molecular formula is C8H15Cl2NS. The molecule has 0 aliphatic heterocycles. The molecule has 1 unspecified atom stereocenters. The molecule has 0 aromatic carbocycles. The van der Waals surface area contributed by atoms with Gasteiger partial charge in [-0.15, -0.1) is 23.2 Å². The highest BCUT2D eigenvalue weighted by Gasteiger charge is 2.50. The number of hydrogen-bond acceptors (Lipinski definition) is 2. The molecule has 1 nitrogen and oxygen atoms in total. The predicted octanol–water partition coefficient (Wildman–Crippen LogP) is 2.48. The molecule has 0 heterocycles. The van der Waals surface area contributed by atoms with Crippen LogP contribution in [0.5, 0.6) is 0 Å². The highest BCUT2D eigenvalue weighted by Crippen LogP contribution is 2.54. The van der Waals surface area contributed by atoms with Gasteiger partial charge < -0.3 is 4.90 Å². The zero-order valence-corrected chi connectivity index (χ0v) is 9.85. The fourth-order valence-corrected chi connectivity index (χ4v) is 2.98. The Morgan fingerprint density at radius 1 is 1.50 bits per heavy atom. The summed E-state index contributed by atoms with van der Waals surface area (Å²) in [5, 5.41) is 0. The minimum atomic E-state index is -0.384. The Bertz CT molecular complexity index is 150. The third kappa shape index (κ3) is 3.73. The lowest BCUT2D eigenvalue weighted by Gasteiger charge is -2.08. The average Bonchev–Trinajstić information content (AvgIpc) is 2.51. The van der Waals surface area contributed by atoms with E-state index in [4.69, 9.17) is 23.2 Å². The van der Waals surface area contributed by atoms with Gasteiger partial charge in [-0.05, 0) is 26.3 Å². The summed E-state index contributed by atoms with van der Waals surface area (Å²) >= 11 is 13.7. The number of thioether (sulfide) groups is 1. The standard InChI is InChI=1S/C8H15Cl2NS/c1-11(2)3-4-12-6-7-5-8(7,9)10/h7H,3-6H2,1-2H3. The van der Waals surface area contributed by atoms with E-state index in [9.17, 15) is 0 Å². The van der Waals surface area contributed by atoms with Gasteiger partial charge in [-0.25, -0.2) is 0 Å². The molecular weight excluding hydrogens is 213 g/mol. The van der Waals surface area contributed by atoms with Gasteiger partial charge in [-0.1, -0.05) is 0 Å². The first-order valence-corrected chi connectivity index (χ1v) is 6.04. The molecule has 1 fully saturated rings. The summed E-state index contributed by atoms with van der Waals surface area (Å²) in [6.07, 6.45) is 0.977. The monoisotopic (exact) mass is 227 g/mol. The highest BCUT2D eigenvalue weighted by atomic mass is 35.5. The molecule has 1 saturated carbocycles. The number of rotatable bonds is 5. The molecule has 0 saturated heterocycles. The number of hydrogen-bond donors (Lipinski definition) is 0. The van der Waals surface area contributed by atoms with Gasteiger partial charge in [0.15, 0.2) is 0 Å². The van der Waals surface area contributed by atoms with Crippen molar-refractivity contribution >= 4 is 35.0 Å². The molecule has 1 atom stereocenters. The first-order chi connectivity index (χ1) is 5.52. The van der Waals surface area contributed by atoms with Gasteiger partial charge in [0.2, 0.25) is 0 Å². The van der Waals surface area contributed by atoms with Crippen molar-refractivity contribution in [1.82, 2.24) is 4.90 Å². The van der Waals surface area contributed by atoms with Crippen molar-refractivity contribution in [3.05, 3.63) is 0 Å². The average molecular weight is 228 g/mol. The lowest BCUT2D eigenvalue weighted by molar-refractivity contribution is 0.437. The summed E-state index contributed by atoms with van der Waals surface area (Å²) < 4.78 is -0.384. The van der Waals surface area contributed by atoms with Crippen LogP contribution < -0.4 is 0 Å². The van der Waals surface area contributed by atoms with Crippen molar-refractivity contribution < 1.29 is 0 Å². The van der Waals surface area contributed by atoms with Gasteiger partial charge in [-0.3, -0.25) is 0 Å². The highest BCUT2D eigenvalue weighted by molar-refractivity contribution is 7.99. The van der Waals surface area contributed by atoms with Gasteiger partial charge in [0.05, 0.1) is 0 Å². The maximum atomic E-state index is 5.89. The fourth-order valence-electron chi connectivity index (χ4n) is 0.923. The molecule has 0 amide bonds. The second kappa shape index (κ2) is 4.41. The van der Waals surface area contributed by atoms with Gasteiger partial charge >= 0.3 is 0 Å². The van der Waals surface area contributed by atoms with E-state index in [1.807, 2.05) is 11.8 Å². The van der Waals surface area contributed by atoms with Crippen molar-refractivity contribution in [2.24, 2.45) is 5.92 Å². The smallest absolute Gasteiger partial charge is 0.122 e. The van der Waals surface area contributed by atoms with E-state index in [0.29, 0.717) is 5.92 Å². The Kier molecular flexibility index (Phi) is 4.03. The first-order valence-electron chi connectivity index (χ1n) is 4.12. The molecule has 1 rings (SSSR count).